The van der Waals surface area contributed by atoms with Crippen LogP contribution in [0.1, 0.15) is 35.2 Å². The number of ether oxygens (including phenoxy) is 1. The van der Waals surface area contributed by atoms with Crippen LogP contribution in [0, 0.1) is 5.92 Å². The molecule has 7 nitrogen and oxygen atoms in total. The Morgan fingerprint density at radius 3 is 2.50 bits per heavy atom. The van der Waals surface area contributed by atoms with E-state index in [1.54, 1.807) is 24.3 Å². The first kappa shape index (κ1) is 23.3. The Kier molecular flexibility index (Phi) is 6.90. The third kappa shape index (κ3) is 4.85. The van der Waals surface area contributed by atoms with Gasteiger partial charge in [-0.1, -0.05) is 24.3 Å². The third-order valence-electron chi connectivity index (χ3n) is 7.26. The van der Waals surface area contributed by atoms with Crippen LogP contribution in [0.3, 0.4) is 0 Å². The molecule has 0 radical (unpaired) electrons. The van der Waals surface area contributed by atoms with Gasteiger partial charge in [0.25, 0.3) is 15.9 Å². The molecule has 2 fully saturated rings. The van der Waals surface area contributed by atoms with E-state index in [4.69, 9.17) is 4.74 Å². The number of para-hydroxylation sites is 1. The second-order valence-electron chi connectivity index (χ2n) is 9.49. The molecule has 0 N–H and O–H groups in total. The molecule has 1 amide bonds. The van der Waals surface area contributed by atoms with Crippen molar-refractivity contribution < 1.29 is 17.9 Å². The van der Waals surface area contributed by atoms with E-state index in [9.17, 15) is 13.2 Å². The second kappa shape index (κ2) is 10.1. The van der Waals surface area contributed by atoms with Gasteiger partial charge in [0.2, 0.25) is 0 Å². The number of piperidine rings is 1. The summed E-state index contributed by atoms with van der Waals surface area (Å²) in [6.07, 6.45) is 3.62. The number of hydrogen-bond acceptors (Lipinski definition) is 5. The molecule has 34 heavy (non-hydrogen) atoms. The number of carbonyl (C=O) groups excluding carboxylic acids is 1. The van der Waals surface area contributed by atoms with Crippen LogP contribution in [0.4, 0.5) is 5.69 Å². The molecule has 3 heterocycles. The Balaban J connectivity index is 1.27. The topological polar surface area (TPSA) is 70.2 Å². The summed E-state index contributed by atoms with van der Waals surface area (Å²) in [5.74, 6) is 0.508. The fourth-order valence-corrected chi connectivity index (χ4v) is 6.90. The van der Waals surface area contributed by atoms with Gasteiger partial charge in [-0.15, -0.1) is 0 Å². The van der Waals surface area contributed by atoms with Gasteiger partial charge in [0.1, 0.15) is 0 Å². The summed E-state index contributed by atoms with van der Waals surface area (Å²) in [6, 6.07) is 14.2. The van der Waals surface area contributed by atoms with E-state index in [0.29, 0.717) is 31.1 Å². The number of fused-ring (bicyclic) bond motifs is 1. The largest absolute Gasteiger partial charge is 0.379 e. The monoisotopic (exact) mass is 483 g/mol. The van der Waals surface area contributed by atoms with Crippen LogP contribution in [0.5, 0.6) is 0 Å². The van der Waals surface area contributed by atoms with Gasteiger partial charge in [0.05, 0.1) is 23.8 Å². The van der Waals surface area contributed by atoms with Crippen molar-refractivity contribution in [1.29, 1.82) is 0 Å². The molecule has 3 aliphatic heterocycles. The number of sulfonamides is 1. The highest BCUT2D eigenvalue weighted by Crippen LogP contribution is 2.32. The minimum atomic E-state index is -3.74. The molecule has 0 saturated carbocycles. The Hall–Kier alpha value is -2.42. The fraction of sp³-hybridized carbons (Fsp3) is 0.500. The molecule has 0 aromatic heterocycles. The number of morpholine rings is 1. The number of rotatable bonds is 5. The predicted molar refractivity (Wildman–Crippen MR) is 132 cm³/mol. The van der Waals surface area contributed by atoms with E-state index in [0.717, 1.165) is 69.8 Å². The summed E-state index contributed by atoms with van der Waals surface area (Å²) < 4.78 is 34.0. The van der Waals surface area contributed by atoms with Crippen molar-refractivity contribution in [3.63, 3.8) is 0 Å². The van der Waals surface area contributed by atoms with Crippen LogP contribution in [0.2, 0.25) is 0 Å². The number of likely N-dealkylation sites (tertiary alicyclic amines) is 1. The summed E-state index contributed by atoms with van der Waals surface area (Å²) in [7, 11) is -3.74. The summed E-state index contributed by atoms with van der Waals surface area (Å²) in [4.78, 5) is 17.7. The standard InChI is InChI=1S/C26H33N3O4S/c30-26(28-13-10-21(11-14-28)20-27-15-17-33-18-16-27)23-6-3-8-24(19-23)34(31,32)29-12-4-7-22-5-1-2-9-25(22)29/h1-3,5-6,8-9,19,21H,4,7,10-18,20H2. The minimum Gasteiger partial charge on any atom is -0.379 e. The highest BCUT2D eigenvalue weighted by atomic mass is 32.2. The Morgan fingerprint density at radius 2 is 1.71 bits per heavy atom. The molecule has 0 atom stereocenters. The molecular weight excluding hydrogens is 450 g/mol. The van der Waals surface area contributed by atoms with Crippen LogP contribution >= 0.6 is 0 Å². The number of carbonyl (C=O) groups is 1. The summed E-state index contributed by atoms with van der Waals surface area (Å²) in [5, 5.41) is 0. The average molecular weight is 484 g/mol. The number of amides is 1. The molecule has 0 unspecified atom stereocenters. The van der Waals surface area contributed by atoms with Crippen molar-refractivity contribution in [2.45, 2.75) is 30.6 Å². The molecule has 2 aromatic rings. The maximum absolute atomic E-state index is 13.5. The lowest BCUT2D eigenvalue weighted by Crippen LogP contribution is -2.44. The third-order valence-corrected chi connectivity index (χ3v) is 9.07. The second-order valence-corrected chi connectivity index (χ2v) is 11.3. The molecule has 2 aromatic carbocycles. The maximum atomic E-state index is 13.5. The zero-order valence-corrected chi connectivity index (χ0v) is 20.4. The molecule has 5 rings (SSSR count). The first-order valence-electron chi connectivity index (χ1n) is 12.3. The number of aryl methyl sites for hydroxylation is 1. The van der Waals surface area contributed by atoms with Crippen molar-refractivity contribution in [2.24, 2.45) is 5.92 Å². The van der Waals surface area contributed by atoms with Crippen LogP contribution < -0.4 is 4.31 Å². The van der Waals surface area contributed by atoms with Gasteiger partial charge >= 0.3 is 0 Å². The van der Waals surface area contributed by atoms with E-state index in [1.807, 2.05) is 29.2 Å². The highest BCUT2D eigenvalue weighted by molar-refractivity contribution is 7.92. The fourth-order valence-electron chi connectivity index (χ4n) is 5.32. The molecule has 0 bridgehead atoms. The van der Waals surface area contributed by atoms with Crippen molar-refractivity contribution in [3.8, 4) is 0 Å². The minimum absolute atomic E-state index is 0.0825. The maximum Gasteiger partial charge on any atom is 0.264 e. The first-order valence-corrected chi connectivity index (χ1v) is 13.8. The zero-order valence-electron chi connectivity index (χ0n) is 19.6. The van der Waals surface area contributed by atoms with Gasteiger partial charge in [0, 0.05) is 44.8 Å². The van der Waals surface area contributed by atoms with Crippen molar-refractivity contribution in [3.05, 3.63) is 59.7 Å². The van der Waals surface area contributed by atoms with E-state index >= 15 is 0 Å². The van der Waals surface area contributed by atoms with Crippen LogP contribution in [0.25, 0.3) is 0 Å². The Morgan fingerprint density at radius 1 is 0.941 bits per heavy atom. The summed E-state index contributed by atoms with van der Waals surface area (Å²) in [6.45, 7) is 6.53. The van der Waals surface area contributed by atoms with Crippen LogP contribution in [-0.4, -0.2) is 76.6 Å². The molecule has 182 valence electrons. The van der Waals surface area contributed by atoms with Gasteiger partial charge in [-0.3, -0.25) is 14.0 Å². The number of nitrogens with zero attached hydrogens (tertiary/aromatic N) is 3. The number of anilines is 1. The van der Waals surface area contributed by atoms with Crippen molar-refractivity contribution in [1.82, 2.24) is 9.80 Å². The molecular formula is C26H33N3O4S. The van der Waals surface area contributed by atoms with Gasteiger partial charge in [0.15, 0.2) is 0 Å². The van der Waals surface area contributed by atoms with Crippen molar-refractivity contribution in [2.75, 3.05) is 56.8 Å². The molecule has 3 aliphatic rings. The summed E-state index contributed by atoms with van der Waals surface area (Å²) >= 11 is 0. The smallest absolute Gasteiger partial charge is 0.264 e. The van der Waals surface area contributed by atoms with Gasteiger partial charge in [-0.05, 0) is 61.4 Å². The van der Waals surface area contributed by atoms with Gasteiger partial charge < -0.3 is 9.64 Å². The highest BCUT2D eigenvalue weighted by Gasteiger charge is 2.30. The quantitative estimate of drug-likeness (QED) is 0.654. The lowest BCUT2D eigenvalue weighted by molar-refractivity contribution is 0.0243. The molecule has 0 spiro atoms. The van der Waals surface area contributed by atoms with E-state index < -0.39 is 10.0 Å². The Bertz CT molecular complexity index is 1120. The molecule has 0 aliphatic carbocycles. The van der Waals surface area contributed by atoms with Gasteiger partial charge in [-0.25, -0.2) is 8.42 Å². The van der Waals surface area contributed by atoms with Crippen LogP contribution in [0.15, 0.2) is 53.4 Å². The lowest BCUT2D eigenvalue weighted by Gasteiger charge is -2.36. The van der Waals surface area contributed by atoms with E-state index in [2.05, 4.69) is 4.90 Å². The van der Waals surface area contributed by atoms with E-state index in [-0.39, 0.29) is 10.8 Å². The SMILES string of the molecule is O=C(c1cccc(S(=O)(=O)N2CCCc3ccccc32)c1)N1CCC(CN2CCOCC2)CC1. The molecule has 8 heteroatoms. The first-order chi connectivity index (χ1) is 16.5. The number of benzene rings is 2. The average Bonchev–Trinajstić information content (AvgIpc) is 2.89. The van der Waals surface area contributed by atoms with Crippen molar-refractivity contribution >= 4 is 21.6 Å². The van der Waals surface area contributed by atoms with Crippen LogP contribution in [-0.2, 0) is 21.2 Å². The summed E-state index contributed by atoms with van der Waals surface area (Å²) in [5.41, 5.74) is 2.23. The lowest BCUT2D eigenvalue weighted by atomic mass is 9.95. The molecule has 2 saturated heterocycles. The predicted octanol–water partition coefficient (Wildman–Crippen LogP) is 3.01. The van der Waals surface area contributed by atoms with Gasteiger partial charge in [-0.2, -0.15) is 0 Å². The number of hydrogen-bond donors (Lipinski definition) is 0. The normalized spacial score (nSPS) is 20.2. The Labute approximate surface area is 202 Å². The van der Waals surface area contributed by atoms with E-state index in [1.165, 1.54) is 4.31 Å². The zero-order chi connectivity index (χ0) is 23.5.